The van der Waals surface area contributed by atoms with Crippen LogP contribution in [0.25, 0.3) is 0 Å². The Labute approximate surface area is 109 Å². The van der Waals surface area contributed by atoms with Gasteiger partial charge in [0.05, 0.1) is 5.60 Å². The van der Waals surface area contributed by atoms with Crippen LogP contribution in [0.1, 0.15) is 38.2 Å². The Hall–Kier alpha value is -1.13. The molecule has 4 nitrogen and oxygen atoms in total. The normalized spacial score (nSPS) is 25.9. The first-order chi connectivity index (χ1) is 8.65. The summed E-state index contributed by atoms with van der Waals surface area (Å²) in [7, 11) is 0. The summed E-state index contributed by atoms with van der Waals surface area (Å²) in [6, 6.07) is 1.77. The SMILES string of the molecule is CCCN1CCCC(O)(c2cnccc2N)CC1. The molecule has 1 atom stereocenters. The molecule has 0 bridgehead atoms. The Morgan fingerprint density at radius 2 is 2.28 bits per heavy atom. The van der Waals surface area contributed by atoms with Gasteiger partial charge in [-0.1, -0.05) is 6.92 Å². The number of aliphatic hydroxyl groups is 1. The van der Waals surface area contributed by atoms with Crippen molar-refractivity contribution in [3.8, 4) is 0 Å². The number of hydrogen-bond acceptors (Lipinski definition) is 4. The number of anilines is 1. The van der Waals surface area contributed by atoms with Crippen molar-refractivity contribution in [2.24, 2.45) is 0 Å². The molecule has 2 rings (SSSR count). The molecule has 0 aromatic carbocycles. The number of rotatable bonds is 3. The monoisotopic (exact) mass is 249 g/mol. The minimum absolute atomic E-state index is 0.649. The van der Waals surface area contributed by atoms with E-state index in [0.717, 1.165) is 50.9 Å². The average Bonchev–Trinajstić information content (AvgIpc) is 2.54. The minimum Gasteiger partial charge on any atom is -0.398 e. The van der Waals surface area contributed by atoms with E-state index in [1.165, 1.54) is 0 Å². The lowest BCUT2D eigenvalue weighted by atomic mass is 9.87. The minimum atomic E-state index is -0.805. The largest absolute Gasteiger partial charge is 0.398 e. The van der Waals surface area contributed by atoms with Crippen molar-refractivity contribution in [2.75, 3.05) is 25.4 Å². The summed E-state index contributed by atoms with van der Waals surface area (Å²) in [5.41, 5.74) is 6.61. The third-order valence-corrected chi connectivity index (χ3v) is 3.80. The molecule has 0 saturated carbocycles. The van der Waals surface area contributed by atoms with Gasteiger partial charge >= 0.3 is 0 Å². The molecule has 1 aromatic heterocycles. The van der Waals surface area contributed by atoms with Gasteiger partial charge in [0.15, 0.2) is 0 Å². The number of aromatic nitrogens is 1. The molecule has 1 saturated heterocycles. The van der Waals surface area contributed by atoms with E-state index in [1.807, 2.05) is 0 Å². The number of hydrogen-bond donors (Lipinski definition) is 2. The second-order valence-corrected chi connectivity index (χ2v) is 5.19. The van der Waals surface area contributed by atoms with Crippen molar-refractivity contribution in [1.82, 2.24) is 9.88 Å². The van der Waals surface area contributed by atoms with Gasteiger partial charge in [-0.25, -0.2) is 0 Å². The van der Waals surface area contributed by atoms with Crippen LogP contribution in [0, 0.1) is 0 Å². The fraction of sp³-hybridized carbons (Fsp3) is 0.643. The van der Waals surface area contributed by atoms with Crippen molar-refractivity contribution in [3.05, 3.63) is 24.0 Å². The van der Waals surface area contributed by atoms with E-state index < -0.39 is 5.60 Å². The maximum absolute atomic E-state index is 10.8. The van der Waals surface area contributed by atoms with Crippen LogP contribution in [0.15, 0.2) is 18.5 Å². The van der Waals surface area contributed by atoms with Gasteiger partial charge in [-0.2, -0.15) is 0 Å². The van der Waals surface area contributed by atoms with Crippen LogP contribution in [-0.2, 0) is 5.60 Å². The fourth-order valence-corrected chi connectivity index (χ4v) is 2.78. The molecule has 18 heavy (non-hydrogen) atoms. The van der Waals surface area contributed by atoms with Crippen molar-refractivity contribution >= 4 is 5.69 Å². The molecule has 3 N–H and O–H groups in total. The molecule has 1 fully saturated rings. The second-order valence-electron chi connectivity index (χ2n) is 5.19. The highest BCUT2D eigenvalue weighted by Gasteiger charge is 2.33. The molecule has 100 valence electrons. The highest BCUT2D eigenvalue weighted by Crippen LogP contribution is 2.35. The van der Waals surface area contributed by atoms with Gasteiger partial charge in [-0.05, 0) is 44.8 Å². The van der Waals surface area contributed by atoms with Gasteiger partial charge in [0.25, 0.3) is 0 Å². The van der Waals surface area contributed by atoms with Crippen LogP contribution < -0.4 is 5.73 Å². The summed E-state index contributed by atoms with van der Waals surface area (Å²) in [5, 5.41) is 10.8. The summed E-state index contributed by atoms with van der Waals surface area (Å²) in [4.78, 5) is 6.52. The van der Waals surface area contributed by atoms with Crippen LogP contribution >= 0.6 is 0 Å². The number of pyridine rings is 1. The van der Waals surface area contributed by atoms with Crippen molar-refractivity contribution in [3.63, 3.8) is 0 Å². The summed E-state index contributed by atoms with van der Waals surface area (Å²) in [6.07, 6.45) is 7.05. The zero-order valence-electron chi connectivity index (χ0n) is 11.1. The van der Waals surface area contributed by atoms with E-state index in [4.69, 9.17) is 5.73 Å². The first-order valence-electron chi connectivity index (χ1n) is 6.80. The van der Waals surface area contributed by atoms with Gasteiger partial charge in [-0.15, -0.1) is 0 Å². The van der Waals surface area contributed by atoms with Gasteiger partial charge in [0, 0.05) is 30.2 Å². The van der Waals surface area contributed by atoms with Crippen LogP contribution in [0.3, 0.4) is 0 Å². The smallest absolute Gasteiger partial charge is 0.0944 e. The molecule has 1 aromatic rings. The number of nitrogen functional groups attached to an aromatic ring is 1. The van der Waals surface area contributed by atoms with Crippen molar-refractivity contribution in [2.45, 2.75) is 38.2 Å². The number of nitrogens with two attached hydrogens (primary N) is 1. The first kappa shape index (κ1) is 13.3. The number of nitrogens with zero attached hydrogens (tertiary/aromatic N) is 2. The van der Waals surface area contributed by atoms with E-state index >= 15 is 0 Å². The topological polar surface area (TPSA) is 62.4 Å². The van der Waals surface area contributed by atoms with Gasteiger partial charge < -0.3 is 15.7 Å². The van der Waals surface area contributed by atoms with Gasteiger partial charge in [-0.3, -0.25) is 4.98 Å². The molecule has 0 radical (unpaired) electrons. The first-order valence-corrected chi connectivity index (χ1v) is 6.80. The standard InChI is InChI=1S/C14H23N3O/c1-2-8-17-9-3-5-14(18,6-10-17)12-11-16-7-4-13(12)15/h4,7,11,18H,2-3,5-6,8-10H2,1H3,(H2,15,16). The Morgan fingerprint density at radius 1 is 1.44 bits per heavy atom. The van der Waals surface area contributed by atoms with Gasteiger partial charge in [0.2, 0.25) is 0 Å². The van der Waals surface area contributed by atoms with E-state index in [1.54, 1.807) is 18.5 Å². The zero-order chi connectivity index (χ0) is 13.0. The summed E-state index contributed by atoms with van der Waals surface area (Å²) in [5.74, 6) is 0. The summed E-state index contributed by atoms with van der Waals surface area (Å²) < 4.78 is 0. The van der Waals surface area contributed by atoms with E-state index in [-0.39, 0.29) is 0 Å². The predicted molar refractivity (Wildman–Crippen MR) is 73.1 cm³/mol. The second kappa shape index (κ2) is 5.67. The molecule has 4 heteroatoms. The number of likely N-dealkylation sites (tertiary alicyclic amines) is 1. The molecule has 0 amide bonds. The average molecular weight is 249 g/mol. The molecule has 0 spiro atoms. The maximum Gasteiger partial charge on any atom is 0.0944 e. The molecule has 0 aliphatic carbocycles. The quantitative estimate of drug-likeness (QED) is 0.856. The summed E-state index contributed by atoms with van der Waals surface area (Å²) >= 11 is 0. The van der Waals surface area contributed by atoms with Crippen LogP contribution in [0.2, 0.25) is 0 Å². The van der Waals surface area contributed by atoms with E-state index in [9.17, 15) is 5.11 Å². The summed E-state index contributed by atoms with van der Waals surface area (Å²) in [6.45, 7) is 5.30. The van der Waals surface area contributed by atoms with E-state index in [0.29, 0.717) is 5.69 Å². The third-order valence-electron chi connectivity index (χ3n) is 3.80. The molecular weight excluding hydrogens is 226 g/mol. The highest BCUT2D eigenvalue weighted by atomic mass is 16.3. The molecule has 1 aliphatic heterocycles. The van der Waals surface area contributed by atoms with Crippen LogP contribution in [-0.4, -0.2) is 34.6 Å². The van der Waals surface area contributed by atoms with Crippen molar-refractivity contribution < 1.29 is 5.11 Å². The maximum atomic E-state index is 10.8. The Balaban J connectivity index is 2.14. The predicted octanol–water partition coefficient (Wildman–Crippen LogP) is 1.75. The third kappa shape index (κ3) is 2.82. The lowest BCUT2D eigenvalue weighted by Crippen LogP contribution is -2.30. The lowest BCUT2D eigenvalue weighted by Gasteiger charge is -2.28. The Kier molecular flexibility index (Phi) is 4.19. The molecule has 1 unspecified atom stereocenters. The van der Waals surface area contributed by atoms with Crippen molar-refractivity contribution in [1.29, 1.82) is 0 Å². The Morgan fingerprint density at radius 3 is 3.00 bits per heavy atom. The van der Waals surface area contributed by atoms with Crippen LogP contribution in [0.4, 0.5) is 5.69 Å². The highest BCUT2D eigenvalue weighted by molar-refractivity contribution is 5.47. The molecule has 1 aliphatic rings. The molecule has 2 heterocycles. The van der Waals surface area contributed by atoms with E-state index in [2.05, 4.69) is 16.8 Å². The lowest BCUT2D eigenvalue weighted by molar-refractivity contribution is 0.0216. The zero-order valence-corrected chi connectivity index (χ0v) is 11.1. The molecular formula is C14H23N3O. The Bertz CT molecular complexity index is 396. The van der Waals surface area contributed by atoms with Crippen LogP contribution in [0.5, 0.6) is 0 Å². The van der Waals surface area contributed by atoms with Gasteiger partial charge in [0.1, 0.15) is 0 Å². The fourth-order valence-electron chi connectivity index (χ4n) is 2.78.